The molecule has 2 aromatic heterocycles. The zero-order chi connectivity index (χ0) is 11.0. The fourth-order valence-electron chi connectivity index (χ4n) is 1.65. The summed E-state index contributed by atoms with van der Waals surface area (Å²) in [6.45, 7) is 6.25. The summed E-state index contributed by atoms with van der Waals surface area (Å²) in [5.41, 5.74) is 9.12. The SMILES string of the molecule is Cc1cscc1-c1onc(N)c1C(C)C. The van der Waals surface area contributed by atoms with Crippen molar-refractivity contribution < 1.29 is 4.52 Å². The topological polar surface area (TPSA) is 52.0 Å². The summed E-state index contributed by atoms with van der Waals surface area (Å²) in [7, 11) is 0. The average molecular weight is 222 g/mol. The Balaban J connectivity index is 2.59. The second kappa shape index (κ2) is 3.70. The lowest BCUT2D eigenvalue weighted by molar-refractivity contribution is 0.434. The van der Waals surface area contributed by atoms with Crippen LogP contribution in [0.3, 0.4) is 0 Å². The number of thiophene rings is 1. The van der Waals surface area contributed by atoms with Gasteiger partial charge in [-0.25, -0.2) is 0 Å². The lowest BCUT2D eigenvalue weighted by Gasteiger charge is -2.04. The maximum Gasteiger partial charge on any atom is 0.173 e. The quantitative estimate of drug-likeness (QED) is 0.847. The monoisotopic (exact) mass is 222 g/mol. The van der Waals surface area contributed by atoms with Gasteiger partial charge in [-0.2, -0.15) is 11.3 Å². The van der Waals surface area contributed by atoms with E-state index in [2.05, 4.69) is 36.7 Å². The van der Waals surface area contributed by atoms with Crippen molar-refractivity contribution >= 4 is 17.2 Å². The van der Waals surface area contributed by atoms with Gasteiger partial charge < -0.3 is 10.3 Å². The molecule has 4 heteroatoms. The van der Waals surface area contributed by atoms with Crippen LogP contribution in [-0.4, -0.2) is 5.16 Å². The van der Waals surface area contributed by atoms with E-state index in [4.69, 9.17) is 10.3 Å². The number of hydrogen-bond acceptors (Lipinski definition) is 4. The molecule has 0 amide bonds. The molecule has 0 aliphatic carbocycles. The Labute approximate surface area is 92.9 Å². The van der Waals surface area contributed by atoms with Crippen molar-refractivity contribution in [3.63, 3.8) is 0 Å². The number of hydrogen-bond donors (Lipinski definition) is 1. The molecule has 0 aliphatic heterocycles. The van der Waals surface area contributed by atoms with Gasteiger partial charge in [-0.05, 0) is 23.8 Å². The number of aryl methyl sites for hydroxylation is 1. The van der Waals surface area contributed by atoms with E-state index >= 15 is 0 Å². The third kappa shape index (κ3) is 1.65. The van der Waals surface area contributed by atoms with Crippen LogP contribution in [0.1, 0.15) is 30.9 Å². The number of rotatable bonds is 2. The molecule has 2 N–H and O–H groups in total. The van der Waals surface area contributed by atoms with Gasteiger partial charge in [0.1, 0.15) is 0 Å². The number of aromatic nitrogens is 1. The van der Waals surface area contributed by atoms with E-state index in [1.165, 1.54) is 5.56 Å². The van der Waals surface area contributed by atoms with Gasteiger partial charge in [-0.1, -0.05) is 19.0 Å². The highest BCUT2D eigenvalue weighted by atomic mass is 32.1. The van der Waals surface area contributed by atoms with Crippen LogP contribution < -0.4 is 5.73 Å². The molecule has 2 rings (SSSR count). The Morgan fingerprint density at radius 3 is 2.67 bits per heavy atom. The zero-order valence-corrected chi connectivity index (χ0v) is 9.89. The van der Waals surface area contributed by atoms with Gasteiger partial charge in [-0.15, -0.1) is 0 Å². The second-order valence-corrected chi connectivity index (χ2v) is 4.68. The predicted molar refractivity (Wildman–Crippen MR) is 63.1 cm³/mol. The Kier molecular flexibility index (Phi) is 2.52. The van der Waals surface area contributed by atoms with Gasteiger partial charge in [0.25, 0.3) is 0 Å². The molecule has 0 atom stereocenters. The van der Waals surface area contributed by atoms with Crippen molar-refractivity contribution in [2.75, 3.05) is 5.73 Å². The van der Waals surface area contributed by atoms with Gasteiger partial charge in [0.05, 0.1) is 0 Å². The minimum Gasteiger partial charge on any atom is -0.381 e. The van der Waals surface area contributed by atoms with Gasteiger partial charge in [0, 0.05) is 16.5 Å². The molecule has 0 spiro atoms. The minimum atomic E-state index is 0.325. The summed E-state index contributed by atoms with van der Waals surface area (Å²) < 4.78 is 5.31. The summed E-state index contributed by atoms with van der Waals surface area (Å²) in [6.07, 6.45) is 0. The molecular weight excluding hydrogens is 208 g/mol. The van der Waals surface area contributed by atoms with Crippen molar-refractivity contribution in [1.82, 2.24) is 5.16 Å². The third-order valence-corrected chi connectivity index (χ3v) is 3.29. The second-order valence-electron chi connectivity index (χ2n) is 3.93. The number of nitrogen functional groups attached to an aromatic ring is 1. The molecule has 0 aromatic carbocycles. The summed E-state index contributed by atoms with van der Waals surface area (Å²) in [4.78, 5) is 0. The average Bonchev–Trinajstić information content (AvgIpc) is 2.71. The smallest absolute Gasteiger partial charge is 0.173 e. The number of anilines is 1. The van der Waals surface area contributed by atoms with Crippen LogP contribution in [0.2, 0.25) is 0 Å². The maximum atomic E-state index is 5.80. The Morgan fingerprint density at radius 1 is 1.40 bits per heavy atom. The molecular formula is C11H14N2OS. The Hall–Kier alpha value is -1.29. The molecule has 2 heterocycles. The van der Waals surface area contributed by atoms with E-state index in [1.54, 1.807) is 11.3 Å². The van der Waals surface area contributed by atoms with E-state index in [-0.39, 0.29) is 0 Å². The fourth-order valence-corrected chi connectivity index (χ4v) is 2.48. The standard InChI is InChI=1S/C11H14N2OS/c1-6(2)9-10(14-13-11(9)12)8-5-15-4-7(8)3/h4-6H,1-3H3,(H2,12,13). The molecule has 0 bridgehead atoms. The lowest BCUT2D eigenvalue weighted by Crippen LogP contribution is -1.95. The van der Waals surface area contributed by atoms with Crippen LogP contribution in [0.4, 0.5) is 5.82 Å². The first-order chi connectivity index (χ1) is 7.11. The maximum absolute atomic E-state index is 5.80. The largest absolute Gasteiger partial charge is 0.381 e. The highest BCUT2D eigenvalue weighted by Gasteiger charge is 2.19. The number of nitrogens with two attached hydrogens (primary N) is 1. The molecule has 80 valence electrons. The zero-order valence-electron chi connectivity index (χ0n) is 9.07. The van der Waals surface area contributed by atoms with Crippen molar-refractivity contribution in [2.45, 2.75) is 26.7 Å². The fraction of sp³-hybridized carbons (Fsp3) is 0.364. The van der Waals surface area contributed by atoms with Gasteiger partial charge in [-0.3, -0.25) is 0 Å². The van der Waals surface area contributed by atoms with Crippen LogP contribution >= 0.6 is 11.3 Å². The summed E-state index contributed by atoms with van der Waals surface area (Å²) in [5.74, 6) is 1.65. The van der Waals surface area contributed by atoms with E-state index in [0.717, 1.165) is 16.9 Å². The van der Waals surface area contributed by atoms with E-state index in [9.17, 15) is 0 Å². The van der Waals surface area contributed by atoms with Crippen LogP contribution in [-0.2, 0) is 0 Å². The summed E-state index contributed by atoms with van der Waals surface area (Å²) >= 11 is 1.66. The molecule has 2 aromatic rings. The summed E-state index contributed by atoms with van der Waals surface area (Å²) in [5, 5.41) is 8.01. The minimum absolute atomic E-state index is 0.325. The Morgan fingerprint density at radius 2 is 2.13 bits per heavy atom. The first-order valence-corrected chi connectivity index (χ1v) is 5.83. The number of nitrogens with zero attached hydrogens (tertiary/aromatic N) is 1. The first kappa shape index (κ1) is 10.2. The van der Waals surface area contributed by atoms with Crippen molar-refractivity contribution in [1.29, 1.82) is 0 Å². The van der Waals surface area contributed by atoms with Gasteiger partial charge >= 0.3 is 0 Å². The van der Waals surface area contributed by atoms with E-state index < -0.39 is 0 Å². The molecule has 15 heavy (non-hydrogen) atoms. The highest BCUT2D eigenvalue weighted by molar-refractivity contribution is 7.08. The van der Waals surface area contributed by atoms with Gasteiger partial charge in [0.2, 0.25) is 0 Å². The van der Waals surface area contributed by atoms with Crippen LogP contribution in [0.15, 0.2) is 15.3 Å². The molecule has 0 fully saturated rings. The van der Waals surface area contributed by atoms with Crippen molar-refractivity contribution in [2.24, 2.45) is 0 Å². The first-order valence-electron chi connectivity index (χ1n) is 4.89. The van der Waals surface area contributed by atoms with Crippen LogP contribution in [0, 0.1) is 6.92 Å². The van der Waals surface area contributed by atoms with E-state index in [1.807, 2.05) is 0 Å². The van der Waals surface area contributed by atoms with Crippen molar-refractivity contribution in [3.05, 3.63) is 21.9 Å². The van der Waals surface area contributed by atoms with E-state index in [0.29, 0.717) is 11.7 Å². The van der Waals surface area contributed by atoms with Gasteiger partial charge in [0.15, 0.2) is 11.6 Å². The molecule has 0 aliphatic rings. The normalized spacial score (nSPS) is 11.2. The molecule has 0 unspecified atom stereocenters. The summed E-state index contributed by atoms with van der Waals surface area (Å²) in [6, 6.07) is 0. The molecule has 0 saturated carbocycles. The van der Waals surface area contributed by atoms with Crippen molar-refractivity contribution in [3.8, 4) is 11.3 Å². The Bertz CT molecular complexity index is 471. The van der Waals surface area contributed by atoms with Crippen LogP contribution in [0.5, 0.6) is 0 Å². The molecule has 0 saturated heterocycles. The lowest BCUT2D eigenvalue weighted by atomic mass is 9.99. The molecule has 3 nitrogen and oxygen atoms in total. The third-order valence-electron chi connectivity index (χ3n) is 2.43. The highest BCUT2D eigenvalue weighted by Crippen LogP contribution is 2.36. The van der Waals surface area contributed by atoms with Crippen LogP contribution in [0.25, 0.3) is 11.3 Å². The molecule has 0 radical (unpaired) electrons. The predicted octanol–water partition coefficient (Wildman–Crippen LogP) is 3.42.